The van der Waals surface area contributed by atoms with E-state index in [1.54, 1.807) is 0 Å². The second kappa shape index (κ2) is 5.94. The molecule has 0 saturated carbocycles. The van der Waals surface area contributed by atoms with Gasteiger partial charge in [-0.25, -0.2) is 0 Å². The fourth-order valence-corrected chi connectivity index (χ4v) is 2.67. The Hall–Kier alpha value is 0.0400. The SMILES string of the molecule is CC(C)CC(C)Nc1ccc(Cl)cc1I. The average Bonchev–Trinajstić information content (AvgIpc) is 2.08. The van der Waals surface area contributed by atoms with Crippen LogP contribution in [-0.2, 0) is 0 Å². The predicted octanol–water partition coefficient (Wildman–Crippen LogP) is 4.79. The molecular weight excluding hydrogens is 320 g/mol. The monoisotopic (exact) mass is 337 g/mol. The van der Waals surface area contributed by atoms with E-state index in [1.165, 1.54) is 15.7 Å². The van der Waals surface area contributed by atoms with Gasteiger partial charge in [0.25, 0.3) is 0 Å². The van der Waals surface area contributed by atoms with Crippen molar-refractivity contribution >= 4 is 39.9 Å². The topological polar surface area (TPSA) is 12.0 Å². The van der Waals surface area contributed by atoms with Gasteiger partial charge in [0.05, 0.1) is 0 Å². The third-order valence-corrected chi connectivity index (χ3v) is 3.29. The highest BCUT2D eigenvalue weighted by Gasteiger charge is 2.07. The van der Waals surface area contributed by atoms with Crippen LogP contribution in [0.25, 0.3) is 0 Å². The van der Waals surface area contributed by atoms with Crippen LogP contribution in [0.5, 0.6) is 0 Å². The fraction of sp³-hybridized carbons (Fsp3) is 0.500. The molecule has 0 aliphatic rings. The number of anilines is 1. The van der Waals surface area contributed by atoms with Crippen molar-refractivity contribution in [3.05, 3.63) is 26.8 Å². The molecule has 0 bridgehead atoms. The second-order valence-corrected chi connectivity index (χ2v) is 5.90. The molecule has 3 heteroatoms. The van der Waals surface area contributed by atoms with E-state index in [0.29, 0.717) is 6.04 Å². The van der Waals surface area contributed by atoms with Crippen molar-refractivity contribution in [3.8, 4) is 0 Å². The van der Waals surface area contributed by atoms with E-state index in [-0.39, 0.29) is 0 Å². The van der Waals surface area contributed by atoms with Crippen LogP contribution in [0.2, 0.25) is 5.02 Å². The Bertz CT molecular complexity index is 325. The van der Waals surface area contributed by atoms with Crippen LogP contribution in [0.1, 0.15) is 27.2 Å². The molecule has 0 radical (unpaired) electrons. The number of rotatable bonds is 4. The number of halogens is 2. The first kappa shape index (κ1) is 13.1. The smallest absolute Gasteiger partial charge is 0.0478 e. The van der Waals surface area contributed by atoms with Crippen molar-refractivity contribution in [3.63, 3.8) is 0 Å². The first-order chi connectivity index (χ1) is 6.99. The molecule has 0 aromatic heterocycles. The van der Waals surface area contributed by atoms with Gasteiger partial charge in [0.15, 0.2) is 0 Å². The highest BCUT2D eigenvalue weighted by molar-refractivity contribution is 14.1. The van der Waals surface area contributed by atoms with Gasteiger partial charge in [-0.15, -0.1) is 0 Å². The summed E-state index contributed by atoms with van der Waals surface area (Å²) in [7, 11) is 0. The Balaban J connectivity index is 2.64. The van der Waals surface area contributed by atoms with E-state index in [2.05, 4.69) is 48.7 Å². The molecule has 0 aliphatic heterocycles. The maximum atomic E-state index is 5.91. The quantitative estimate of drug-likeness (QED) is 0.779. The van der Waals surface area contributed by atoms with Crippen molar-refractivity contribution in [1.29, 1.82) is 0 Å². The lowest BCUT2D eigenvalue weighted by Gasteiger charge is -2.18. The molecule has 1 nitrogen and oxygen atoms in total. The van der Waals surface area contributed by atoms with Crippen LogP contribution in [0.3, 0.4) is 0 Å². The Morgan fingerprint density at radius 2 is 2.00 bits per heavy atom. The molecule has 1 N–H and O–H groups in total. The Labute approximate surface area is 111 Å². The predicted molar refractivity (Wildman–Crippen MR) is 76.7 cm³/mol. The van der Waals surface area contributed by atoms with Gasteiger partial charge >= 0.3 is 0 Å². The summed E-state index contributed by atoms with van der Waals surface area (Å²) in [5.41, 5.74) is 1.17. The Morgan fingerprint density at radius 3 is 2.53 bits per heavy atom. The van der Waals surface area contributed by atoms with E-state index < -0.39 is 0 Å². The second-order valence-electron chi connectivity index (χ2n) is 4.30. The van der Waals surface area contributed by atoms with Crippen molar-refractivity contribution in [2.24, 2.45) is 5.92 Å². The lowest BCUT2D eigenvalue weighted by molar-refractivity contribution is 0.539. The Kier molecular flexibility index (Phi) is 5.19. The van der Waals surface area contributed by atoms with Crippen molar-refractivity contribution in [2.75, 3.05) is 5.32 Å². The minimum Gasteiger partial charge on any atom is -0.382 e. The summed E-state index contributed by atoms with van der Waals surface area (Å²) >= 11 is 8.21. The Morgan fingerprint density at radius 1 is 1.33 bits per heavy atom. The summed E-state index contributed by atoms with van der Waals surface area (Å²) < 4.78 is 1.18. The molecule has 0 aliphatic carbocycles. The summed E-state index contributed by atoms with van der Waals surface area (Å²) in [5.74, 6) is 0.720. The molecule has 0 heterocycles. The summed E-state index contributed by atoms with van der Waals surface area (Å²) in [6.07, 6.45) is 1.18. The van der Waals surface area contributed by atoms with Gasteiger partial charge in [0.2, 0.25) is 0 Å². The van der Waals surface area contributed by atoms with Gasteiger partial charge in [0.1, 0.15) is 0 Å². The lowest BCUT2D eigenvalue weighted by Crippen LogP contribution is -2.17. The number of hydrogen-bond acceptors (Lipinski definition) is 1. The maximum Gasteiger partial charge on any atom is 0.0478 e. The van der Waals surface area contributed by atoms with E-state index in [0.717, 1.165) is 10.9 Å². The molecule has 15 heavy (non-hydrogen) atoms. The van der Waals surface area contributed by atoms with E-state index in [1.807, 2.05) is 18.2 Å². The third kappa shape index (κ3) is 4.60. The summed E-state index contributed by atoms with van der Waals surface area (Å²) in [6.45, 7) is 6.70. The van der Waals surface area contributed by atoms with Gasteiger partial charge in [-0.05, 0) is 60.1 Å². The van der Waals surface area contributed by atoms with Gasteiger partial charge in [-0.1, -0.05) is 25.4 Å². The molecule has 0 amide bonds. The number of nitrogens with one attached hydrogen (secondary N) is 1. The summed E-state index contributed by atoms with van der Waals surface area (Å²) in [6, 6.07) is 6.45. The zero-order chi connectivity index (χ0) is 11.4. The molecule has 0 fully saturated rings. The minimum absolute atomic E-state index is 0.500. The molecule has 1 atom stereocenters. The maximum absolute atomic E-state index is 5.91. The largest absolute Gasteiger partial charge is 0.382 e. The highest BCUT2D eigenvalue weighted by atomic mass is 127. The molecule has 0 saturated heterocycles. The van der Waals surface area contributed by atoms with Crippen LogP contribution in [0.4, 0.5) is 5.69 Å². The van der Waals surface area contributed by atoms with Gasteiger partial charge < -0.3 is 5.32 Å². The van der Waals surface area contributed by atoms with Crippen molar-refractivity contribution < 1.29 is 0 Å². The van der Waals surface area contributed by atoms with Crippen molar-refractivity contribution in [1.82, 2.24) is 0 Å². The zero-order valence-electron chi connectivity index (χ0n) is 9.35. The summed E-state index contributed by atoms with van der Waals surface area (Å²) in [5, 5.41) is 4.30. The standard InChI is InChI=1S/C12H17ClIN/c1-8(2)6-9(3)15-12-5-4-10(13)7-11(12)14/h4-5,7-9,15H,6H2,1-3H3. The van der Waals surface area contributed by atoms with Crippen LogP contribution < -0.4 is 5.32 Å². The minimum atomic E-state index is 0.500. The number of hydrogen-bond donors (Lipinski definition) is 1. The van der Waals surface area contributed by atoms with Crippen LogP contribution in [-0.4, -0.2) is 6.04 Å². The molecule has 84 valence electrons. The van der Waals surface area contributed by atoms with Gasteiger partial charge in [0, 0.05) is 20.3 Å². The van der Waals surface area contributed by atoms with Crippen LogP contribution in [0, 0.1) is 9.49 Å². The highest BCUT2D eigenvalue weighted by Crippen LogP contribution is 2.23. The van der Waals surface area contributed by atoms with Crippen molar-refractivity contribution in [2.45, 2.75) is 33.2 Å². The number of benzene rings is 1. The summed E-state index contributed by atoms with van der Waals surface area (Å²) in [4.78, 5) is 0. The average molecular weight is 338 g/mol. The molecular formula is C12H17ClIN. The first-order valence-electron chi connectivity index (χ1n) is 5.20. The van der Waals surface area contributed by atoms with E-state index in [9.17, 15) is 0 Å². The third-order valence-electron chi connectivity index (χ3n) is 2.16. The molecule has 0 spiro atoms. The zero-order valence-corrected chi connectivity index (χ0v) is 12.3. The molecule has 1 aromatic carbocycles. The van der Waals surface area contributed by atoms with E-state index >= 15 is 0 Å². The van der Waals surface area contributed by atoms with Gasteiger partial charge in [-0.2, -0.15) is 0 Å². The normalized spacial score (nSPS) is 12.9. The molecule has 1 unspecified atom stereocenters. The van der Waals surface area contributed by atoms with E-state index in [4.69, 9.17) is 11.6 Å². The molecule has 1 rings (SSSR count). The fourth-order valence-electron chi connectivity index (χ4n) is 1.64. The van der Waals surface area contributed by atoms with Crippen LogP contribution >= 0.6 is 34.2 Å². The first-order valence-corrected chi connectivity index (χ1v) is 6.66. The lowest BCUT2D eigenvalue weighted by atomic mass is 10.1. The van der Waals surface area contributed by atoms with Gasteiger partial charge in [-0.3, -0.25) is 0 Å². The molecule has 1 aromatic rings. The van der Waals surface area contributed by atoms with Crippen LogP contribution in [0.15, 0.2) is 18.2 Å².